The first-order valence-corrected chi connectivity index (χ1v) is 12.5. The number of nitrogens with zero attached hydrogens (tertiary/aromatic N) is 1. The summed E-state index contributed by atoms with van der Waals surface area (Å²) in [7, 11) is 11.0. The Bertz CT molecular complexity index is 1310. The summed E-state index contributed by atoms with van der Waals surface area (Å²) in [6.07, 6.45) is 1.20. The van der Waals surface area contributed by atoms with Crippen LogP contribution < -0.4 is 33.2 Å². The highest BCUT2D eigenvalue weighted by molar-refractivity contribution is 5.96. The third-order valence-electron chi connectivity index (χ3n) is 7.05. The zero-order valence-corrected chi connectivity index (χ0v) is 23.5. The van der Waals surface area contributed by atoms with Gasteiger partial charge >= 0.3 is 0 Å². The maximum atomic E-state index is 14.1. The first-order chi connectivity index (χ1) is 18.9. The van der Waals surface area contributed by atoms with E-state index in [-0.39, 0.29) is 11.9 Å². The van der Waals surface area contributed by atoms with Gasteiger partial charge in [0.1, 0.15) is 0 Å². The second kappa shape index (κ2) is 12.1. The van der Waals surface area contributed by atoms with Crippen LogP contribution in [0.4, 0.5) is 0 Å². The Morgan fingerprint density at radius 1 is 0.692 bits per heavy atom. The van der Waals surface area contributed by atoms with E-state index < -0.39 is 0 Å². The molecule has 9 heteroatoms. The third kappa shape index (κ3) is 5.34. The molecule has 208 valence electrons. The first kappa shape index (κ1) is 27.8. The van der Waals surface area contributed by atoms with Gasteiger partial charge in [0.2, 0.25) is 5.75 Å². The van der Waals surface area contributed by atoms with Crippen LogP contribution in [0.1, 0.15) is 33.1 Å². The smallest absolute Gasteiger partial charge is 0.254 e. The maximum Gasteiger partial charge on any atom is 0.254 e. The lowest BCUT2D eigenvalue weighted by Crippen LogP contribution is -2.41. The fourth-order valence-corrected chi connectivity index (χ4v) is 5.09. The molecule has 1 heterocycles. The largest absolute Gasteiger partial charge is 0.493 e. The number of methoxy groups -OCH3 is 7. The van der Waals surface area contributed by atoms with Gasteiger partial charge in [-0.05, 0) is 65.9 Å². The van der Waals surface area contributed by atoms with Crippen molar-refractivity contribution in [3.05, 3.63) is 64.7 Å². The highest BCUT2D eigenvalue weighted by Crippen LogP contribution is 2.43. The van der Waals surface area contributed by atoms with E-state index in [0.29, 0.717) is 65.2 Å². The lowest BCUT2D eigenvalue weighted by molar-refractivity contribution is 0.0658. The molecule has 0 spiro atoms. The van der Waals surface area contributed by atoms with Crippen molar-refractivity contribution in [1.82, 2.24) is 4.90 Å². The molecule has 0 N–H and O–H groups in total. The van der Waals surface area contributed by atoms with E-state index in [0.717, 1.165) is 16.7 Å². The minimum absolute atomic E-state index is 0.153. The topological polar surface area (TPSA) is 84.9 Å². The number of hydrogen-bond donors (Lipinski definition) is 0. The molecule has 1 amide bonds. The fraction of sp³-hybridized carbons (Fsp3) is 0.367. The van der Waals surface area contributed by atoms with Gasteiger partial charge in [0, 0.05) is 12.1 Å². The van der Waals surface area contributed by atoms with E-state index >= 15 is 0 Å². The van der Waals surface area contributed by atoms with Crippen LogP contribution >= 0.6 is 0 Å². The van der Waals surface area contributed by atoms with E-state index in [4.69, 9.17) is 33.2 Å². The molecule has 1 aliphatic rings. The lowest BCUT2D eigenvalue weighted by atomic mass is 9.87. The van der Waals surface area contributed by atoms with Gasteiger partial charge in [-0.1, -0.05) is 6.07 Å². The molecular formula is C30H35NO8. The number of carbonyl (C=O) groups excluding carboxylic acids is 1. The maximum absolute atomic E-state index is 14.1. The van der Waals surface area contributed by atoms with Crippen LogP contribution in [0.2, 0.25) is 0 Å². The second-order valence-electron chi connectivity index (χ2n) is 8.98. The van der Waals surface area contributed by atoms with Gasteiger partial charge in [0.15, 0.2) is 34.5 Å². The molecule has 39 heavy (non-hydrogen) atoms. The molecule has 0 saturated carbocycles. The molecule has 0 unspecified atom stereocenters. The standard InChI is InChI=1S/C30H35NO8/c1-33-23-9-8-18(13-24(23)34-2)12-22-21-17-26(36-4)25(35-3)14-19(21)10-11-31(22)30(32)20-15-27(37-5)29(39-7)28(16-20)38-6/h8-9,13-17,22H,10-12H2,1-7H3/t22-/m0/s1. The number of carbonyl (C=O) groups is 1. The average molecular weight is 538 g/mol. The Morgan fingerprint density at radius 3 is 1.82 bits per heavy atom. The number of rotatable bonds is 10. The van der Waals surface area contributed by atoms with Crippen LogP contribution in [0.3, 0.4) is 0 Å². The van der Waals surface area contributed by atoms with E-state index in [9.17, 15) is 4.79 Å². The molecule has 9 nitrogen and oxygen atoms in total. The first-order valence-electron chi connectivity index (χ1n) is 12.5. The fourth-order valence-electron chi connectivity index (χ4n) is 5.09. The van der Waals surface area contributed by atoms with Crippen molar-refractivity contribution in [2.75, 3.05) is 56.3 Å². The van der Waals surface area contributed by atoms with Crippen molar-refractivity contribution in [2.24, 2.45) is 0 Å². The van der Waals surface area contributed by atoms with E-state index in [1.807, 2.05) is 35.2 Å². The molecule has 1 atom stereocenters. The summed E-state index contributed by atoms with van der Waals surface area (Å²) in [5, 5.41) is 0. The predicted molar refractivity (Wildman–Crippen MR) is 146 cm³/mol. The summed E-state index contributed by atoms with van der Waals surface area (Å²) in [4.78, 5) is 16.0. The van der Waals surface area contributed by atoms with E-state index in [2.05, 4.69) is 0 Å². The van der Waals surface area contributed by atoms with Crippen LogP contribution in [0.5, 0.6) is 40.2 Å². The van der Waals surface area contributed by atoms with E-state index in [1.165, 1.54) is 21.3 Å². The summed E-state index contributed by atoms with van der Waals surface area (Å²) in [6.45, 7) is 0.510. The van der Waals surface area contributed by atoms with Crippen molar-refractivity contribution in [3.8, 4) is 40.2 Å². The third-order valence-corrected chi connectivity index (χ3v) is 7.05. The van der Waals surface area contributed by atoms with Crippen molar-refractivity contribution in [1.29, 1.82) is 0 Å². The molecule has 0 saturated heterocycles. The summed E-state index contributed by atoms with van der Waals surface area (Å²) in [5.74, 6) is 3.64. The lowest BCUT2D eigenvalue weighted by Gasteiger charge is -2.38. The quantitative estimate of drug-likeness (QED) is 0.367. The van der Waals surface area contributed by atoms with Gasteiger partial charge in [-0.15, -0.1) is 0 Å². The summed E-state index contributed by atoms with van der Waals surface area (Å²) < 4.78 is 38.6. The highest BCUT2D eigenvalue weighted by Gasteiger charge is 2.34. The van der Waals surface area contributed by atoms with Gasteiger partial charge in [-0.25, -0.2) is 0 Å². The number of fused-ring (bicyclic) bond motifs is 1. The second-order valence-corrected chi connectivity index (χ2v) is 8.98. The molecule has 3 aromatic carbocycles. The highest BCUT2D eigenvalue weighted by atomic mass is 16.5. The zero-order chi connectivity index (χ0) is 28.1. The monoisotopic (exact) mass is 537 g/mol. The zero-order valence-electron chi connectivity index (χ0n) is 23.5. The number of hydrogen-bond acceptors (Lipinski definition) is 8. The van der Waals surface area contributed by atoms with Gasteiger partial charge in [0.05, 0.1) is 55.8 Å². The van der Waals surface area contributed by atoms with Gasteiger partial charge in [0.25, 0.3) is 5.91 Å². The Labute approximate surface area is 229 Å². The van der Waals surface area contributed by atoms with Gasteiger partial charge in [-0.2, -0.15) is 0 Å². The van der Waals surface area contributed by atoms with Crippen LogP contribution in [-0.2, 0) is 12.8 Å². The Hall–Kier alpha value is -4.27. The molecule has 3 aromatic rings. The Balaban J connectivity index is 1.82. The number of benzene rings is 3. The summed E-state index contributed by atoms with van der Waals surface area (Å²) in [5.41, 5.74) is 3.52. The van der Waals surface area contributed by atoms with Crippen molar-refractivity contribution in [3.63, 3.8) is 0 Å². The van der Waals surface area contributed by atoms with Crippen LogP contribution in [-0.4, -0.2) is 67.1 Å². The van der Waals surface area contributed by atoms with Crippen molar-refractivity contribution in [2.45, 2.75) is 18.9 Å². The van der Waals surface area contributed by atoms with E-state index in [1.54, 1.807) is 40.6 Å². The normalized spacial score (nSPS) is 14.2. The van der Waals surface area contributed by atoms with Crippen LogP contribution in [0.25, 0.3) is 0 Å². The number of amides is 1. The SMILES string of the molecule is COc1ccc(C[C@H]2c3cc(OC)c(OC)cc3CCN2C(=O)c2cc(OC)c(OC)c(OC)c2)cc1OC. The minimum Gasteiger partial charge on any atom is -0.493 e. The van der Waals surface area contributed by atoms with Crippen LogP contribution in [0.15, 0.2) is 42.5 Å². The summed E-state index contributed by atoms with van der Waals surface area (Å²) >= 11 is 0. The predicted octanol–water partition coefficient (Wildman–Crippen LogP) is 4.73. The Morgan fingerprint density at radius 2 is 1.26 bits per heavy atom. The molecule has 0 aliphatic carbocycles. The van der Waals surface area contributed by atoms with Crippen molar-refractivity contribution >= 4 is 5.91 Å². The molecule has 0 radical (unpaired) electrons. The number of ether oxygens (including phenoxy) is 7. The molecular weight excluding hydrogens is 502 g/mol. The summed E-state index contributed by atoms with van der Waals surface area (Å²) in [6, 6.07) is 12.8. The molecule has 1 aliphatic heterocycles. The average Bonchev–Trinajstić information content (AvgIpc) is 2.98. The molecule has 0 bridgehead atoms. The molecule has 0 aromatic heterocycles. The Kier molecular flexibility index (Phi) is 8.59. The molecule has 4 rings (SSSR count). The van der Waals surface area contributed by atoms with Crippen molar-refractivity contribution < 1.29 is 38.0 Å². The van der Waals surface area contributed by atoms with Crippen LogP contribution in [0, 0.1) is 0 Å². The molecule has 0 fully saturated rings. The minimum atomic E-state index is -0.293. The van der Waals surface area contributed by atoms with Gasteiger partial charge in [-0.3, -0.25) is 4.79 Å². The van der Waals surface area contributed by atoms with Gasteiger partial charge < -0.3 is 38.1 Å².